The standard InChI is InChI=1S/C13H13NO5S.C2HF3O2/c14-11(13(15)12-2-1-7-19-12)8-9-3-5-10(6-4-9)20(16,17)18;3-2(4,5)1(6)7/h1-7,11H,8,14H2,(H,16,17,18);(H,6,7)/t11-;/m0./s1. The molecule has 0 saturated heterocycles. The van der Waals surface area contributed by atoms with Crippen molar-refractivity contribution in [1.29, 1.82) is 0 Å². The van der Waals surface area contributed by atoms with Crippen LogP contribution in [-0.2, 0) is 21.3 Å². The van der Waals surface area contributed by atoms with E-state index in [4.69, 9.17) is 24.6 Å². The lowest BCUT2D eigenvalue weighted by atomic mass is 10.0. The van der Waals surface area contributed by atoms with Gasteiger partial charge in [0.05, 0.1) is 17.2 Å². The number of halogens is 3. The van der Waals surface area contributed by atoms with Crippen molar-refractivity contribution >= 4 is 21.9 Å². The van der Waals surface area contributed by atoms with Crippen LogP contribution in [0.5, 0.6) is 0 Å². The Morgan fingerprint density at radius 1 is 1.15 bits per heavy atom. The van der Waals surface area contributed by atoms with Gasteiger partial charge in [-0.15, -0.1) is 0 Å². The Morgan fingerprint density at radius 2 is 1.67 bits per heavy atom. The van der Waals surface area contributed by atoms with Gasteiger partial charge in [-0.1, -0.05) is 12.1 Å². The average Bonchev–Trinajstić information content (AvgIpc) is 3.07. The molecule has 1 aromatic carbocycles. The van der Waals surface area contributed by atoms with E-state index in [0.29, 0.717) is 5.56 Å². The molecule has 0 amide bonds. The van der Waals surface area contributed by atoms with Crippen LogP contribution >= 0.6 is 0 Å². The molecule has 2 aromatic rings. The summed E-state index contributed by atoms with van der Waals surface area (Å²) in [5, 5.41) is 7.12. The highest BCUT2D eigenvalue weighted by atomic mass is 32.2. The number of benzene rings is 1. The van der Waals surface area contributed by atoms with Gasteiger partial charge in [-0.2, -0.15) is 21.6 Å². The molecule has 12 heteroatoms. The zero-order valence-corrected chi connectivity index (χ0v) is 14.2. The lowest BCUT2D eigenvalue weighted by molar-refractivity contribution is -0.192. The van der Waals surface area contributed by atoms with Crippen LogP contribution in [0, 0.1) is 0 Å². The molecule has 0 spiro atoms. The molecule has 0 bridgehead atoms. The molecule has 1 aromatic heterocycles. The SMILES string of the molecule is N[C@@H](Cc1ccc(S(=O)(=O)O)cc1)C(=O)c1ccco1.O=C(O)C(F)(F)F. The van der Waals surface area contributed by atoms with Crippen LogP contribution in [-0.4, -0.2) is 42.0 Å². The van der Waals surface area contributed by atoms with Gasteiger partial charge < -0.3 is 15.3 Å². The Bertz CT molecular complexity index is 875. The molecule has 27 heavy (non-hydrogen) atoms. The number of carboxylic acid groups (broad SMARTS) is 1. The predicted octanol–water partition coefficient (Wildman–Crippen LogP) is 1.91. The van der Waals surface area contributed by atoms with Gasteiger partial charge in [-0.25, -0.2) is 4.79 Å². The number of furan rings is 1. The minimum atomic E-state index is -5.08. The third-order valence-electron chi connectivity index (χ3n) is 3.02. The van der Waals surface area contributed by atoms with Crippen LogP contribution in [0.3, 0.4) is 0 Å². The van der Waals surface area contributed by atoms with Crippen molar-refractivity contribution in [2.45, 2.75) is 23.5 Å². The summed E-state index contributed by atoms with van der Waals surface area (Å²) >= 11 is 0. The lowest BCUT2D eigenvalue weighted by Gasteiger charge is -2.09. The highest BCUT2D eigenvalue weighted by molar-refractivity contribution is 7.85. The number of carboxylic acids is 1. The van der Waals surface area contributed by atoms with Gasteiger partial charge in [0.1, 0.15) is 0 Å². The van der Waals surface area contributed by atoms with Gasteiger partial charge in [0.25, 0.3) is 10.1 Å². The van der Waals surface area contributed by atoms with Crippen molar-refractivity contribution in [2.75, 3.05) is 0 Å². The summed E-state index contributed by atoms with van der Waals surface area (Å²) < 4.78 is 67.4. The van der Waals surface area contributed by atoms with Crippen molar-refractivity contribution in [2.24, 2.45) is 5.73 Å². The maximum atomic E-state index is 11.9. The first-order valence-corrected chi connectivity index (χ1v) is 8.46. The van der Waals surface area contributed by atoms with Crippen LogP contribution in [0.15, 0.2) is 52.0 Å². The molecule has 2 rings (SSSR count). The van der Waals surface area contributed by atoms with Crippen LogP contribution in [0.2, 0.25) is 0 Å². The number of alkyl halides is 3. The first kappa shape index (κ1) is 22.3. The summed E-state index contributed by atoms with van der Waals surface area (Å²) in [6, 6.07) is 7.86. The third-order valence-corrected chi connectivity index (χ3v) is 3.89. The summed E-state index contributed by atoms with van der Waals surface area (Å²) in [5.41, 5.74) is 6.47. The first-order valence-electron chi connectivity index (χ1n) is 7.02. The van der Waals surface area contributed by atoms with Crippen LogP contribution < -0.4 is 5.73 Å². The highest BCUT2D eigenvalue weighted by Gasteiger charge is 2.38. The van der Waals surface area contributed by atoms with Crippen molar-refractivity contribution in [3.05, 3.63) is 54.0 Å². The monoisotopic (exact) mass is 409 g/mol. The number of aliphatic carboxylic acids is 1. The molecule has 0 unspecified atom stereocenters. The van der Waals surface area contributed by atoms with E-state index in [1.54, 1.807) is 6.07 Å². The van der Waals surface area contributed by atoms with Crippen LogP contribution in [0.25, 0.3) is 0 Å². The largest absolute Gasteiger partial charge is 0.490 e. The quantitative estimate of drug-likeness (QED) is 0.501. The van der Waals surface area contributed by atoms with E-state index < -0.39 is 28.3 Å². The second kappa shape index (κ2) is 8.79. The van der Waals surface area contributed by atoms with Crippen molar-refractivity contribution in [3.63, 3.8) is 0 Å². The maximum Gasteiger partial charge on any atom is 0.490 e. The van der Waals surface area contributed by atoms with E-state index in [9.17, 15) is 26.4 Å². The van der Waals surface area contributed by atoms with Gasteiger partial charge in [-0.05, 0) is 36.2 Å². The first-order chi connectivity index (χ1) is 12.3. The normalized spacial score (nSPS) is 12.6. The Hall–Kier alpha value is -2.70. The third kappa shape index (κ3) is 7.21. The van der Waals surface area contributed by atoms with Gasteiger partial charge in [0, 0.05) is 0 Å². The van der Waals surface area contributed by atoms with Crippen molar-refractivity contribution in [1.82, 2.24) is 0 Å². The Morgan fingerprint density at radius 3 is 2.04 bits per heavy atom. The van der Waals surface area contributed by atoms with E-state index >= 15 is 0 Å². The predicted molar refractivity (Wildman–Crippen MR) is 84.7 cm³/mol. The lowest BCUT2D eigenvalue weighted by Crippen LogP contribution is -2.32. The number of hydrogen-bond acceptors (Lipinski definition) is 6. The number of rotatable bonds is 5. The number of nitrogens with two attached hydrogens (primary N) is 1. The van der Waals surface area contributed by atoms with E-state index in [0.717, 1.165) is 0 Å². The number of ketones is 1. The summed E-state index contributed by atoms with van der Waals surface area (Å²) in [6.07, 6.45) is -3.45. The summed E-state index contributed by atoms with van der Waals surface area (Å²) in [4.78, 5) is 20.6. The number of carbonyl (C=O) groups excluding carboxylic acids is 1. The van der Waals surface area contributed by atoms with Gasteiger partial charge >= 0.3 is 12.1 Å². The van der Waals surface area contributed by atoms with Crippen LogP contribution in [0.1, 0.15) is 16.1 Å². The minimum absolute atomic E-state index is 0.187. The fraction of sp³-hybridized carbons (Fsp3) is 0.200. The van der Waals surface area contributed by atoms with Gasteiger partial charge in [0.2, 0.25) is 5.78 Å². The fourth-order valence-corrected chi connectivity index (χ4v) is 2.23. The molecule has 0 fully saturated rings. The second-order valence-corrected chi connectivity index (χ2v) is 6.50. The molecular formula is C15H14F3NO7S. The number of Topliss-reactive ketones (excluding diaryl/α,β-unsaturated/α-hetero) is 1. The van der Waals surface area contributed by atoms with E-state index in [1.807, 2.05) is 0 Å². The van der Waals surface area contributed by atoms with Gasteiger partial charge in [0.15, 0.2) is 5.76 Å². The molecule has 0 aliphatic rings. The Labute approximate surface area is 151 Å². The van der Waals surface area contributed by atoms with E-state index in [2.05, 4.69) is 0 Å². The van der Waals surface area contributed by atoms with Crippen molar-refractivity contribution in [3.8, 4) is 0 Å². The zero-order valence-electron chi connectivity index (χ0n) is 13.4. The molecule has 0 radical (unpaired) electrons. The average molecular weight is 409 g/mol. The highest BCUT2D eigenvalue weighted by Crippen LogP contribution is 2.14. The van der Waals surface area contributed by atoms with E-state index in [1.165, 1.54) is 36.6 Å². The molecule has 1 atom stereocenters. The molecule has 148 valence electrons. The van der Waals surface area contributed by atoms with Crippen molar-refractivity contribution < 1.29 is 45.3 Å². The van der Waals surface area contributed by atoms with E-state index in [-0.39, 0.29) is 22.9 Å². The molecule has 0 aliphatic heterocycles. The molecule has 1 heterocycles. The smallest absolute Gasteiger partial charge is 0.475 e. The summed E-state index contributed by atoms with van der Waals surface area (Å²) in [7, 11) is -4.21. The Balaban J connectivity index is 0.000000445. The topological polar surface area (TPSA) is 148 Å². The number of carbonyl (C=O) groups is 2. The molecule has 8 nitrogen and oxygen atoms in total. The summed E-state index contributed by atoms with van der Waals surface area (Å²) in [6.45, 7) is 0. The fourth-order valence-electron chi connectivity index (χ4n) is 1.75. The Kier molecular flexibility index (Phi) is 7.28. The molecule has 0 saturated carbocycles. The second-order valence-electron chi connectivity index (χ2n) is 5.07. The zero-order chi connectivity index (χ0) is 20.8. The molecular weight excluding hydrogens is 395 g/mol. The summed E-state index contributed by atoms with van der Waals surface area (Å²) in [5.74, 6) is -2.89. The number of hydrogen-bond donors (Lipinski definition) is 3. The minimum Gasteiger partial charge on any atom is -0.475 e. The van der Waals surface area contributed by atoms with Crippen LogP contribution in [0.4, 0.5) is 13.2 Å². The molecule has 4 N–H and O–H groups in total. The van der Waals surface area contributed by atoms with Gasteiger partial charge in [-0.3, -0.25) is 9.35 Å². The molecule has 0 aliphatic carbocycles. The maximum absolute atomic E-state index is 11.9.